The van der Waals surface area contributed by atoms with Gasteiger partial charge in [-0.05, 0) is 42.8 Å². The molecule has 6 heteroatoms. The summed E-state index contributed by atoms with van der Waals surface area (Å²) >= 11 is 9.30. The summed E-state index contributed by atoms with van der Waals surface area (Å²) in [5, 5.41) is 3.26. The first-order valence-electron chi connectivity index (χ1n) is 6.13. The van der Waals surface area contributed by atoms with E-state index in [1.54, 1.807) is 24.3 Å². The van der Waals surface area contributed by atoms with Gasteiger partial charge in [-0.1, -0.05) is 27.5 Å². The second kappa shape index (κ2) is 6.37. The van der Waals surface area contributed by atoms with Crippen LogP contribution in [0.15, 0.2) is 34.8 Å². The van der Waals surface area contributed by atoms with Gasteiger partial charge < -0.3 is 15.8 Å². The summed E-state index contributed by atoms with van der Waals surface area (Å²) in [6.45, 7) is 1.87. The van der Waals surface area contributed by atoms with Gasteiger partial charge >= 0.3 is 0 Å². The minimum Gasteiger partial charge on any atom is -0.496 e. The lowest BCUT2D eigenvalue weighted by atomic mass is 10.1. The highest BCUT2D eigenvalue weighted by atomic mass is 79.9. The molecule has 3 N–H and O–H groups in total. The molecular weight excluding hydrogens is 356 g/mol. The zero-order chi connectivity index (χ0) is 15.6. The number of aryl methyl sites for hydroxylation is 1. The Bertz CT molecular complexity index is 681. The number of anilines is 2. The average Bonchev–Trinajstić information content (AvgIpc) is 2.42. The zero-order valence-electron chi connectivity index (χ0n) is 11.5. The number of nitrogen functional groups attached to an aromatic ring is 1. The fourth-order valence-electron chi connectivity index (χ4n) is 1.98. The van der Waals surface area contributed by atoms with Gasteiger partial charge in [-0.15, -0.1) is 0 Å². The van der Waals surface area contributed by atoms with E-state index in [0.717, 1.165) is 10.0 Å². The van der Waals surface area contributed by atoms with Gasteiger partial charge in [0.2, 0.25) is 0 Å². The van der Waals surface area contributed by atoms with E-state index in [0.29, 0.717) is 27.7 Å². The summed E-state index contributed by atoms with van der Waals surface area (Å²) in [6.07, 6.45) is 0. The summed E-state index contributed by atoms with van der Waals surface area (Å²) in [7, 11) is 1.50. The number of methoxy groups -OCH3 is 1. The Morgan fingerprint density at radius 3 is 2.67 bits per heavy atom. The highest BCUT2D eigenvalue weighted by Gasteiger charge is 2.15. The molecule has 1 amide bonds. The summed E-state index contributed by atoms with van der Waals surface area (Å²) in [4.78, 5) is 12.4. The first kappa shape index (κ1) is 15.7. The average molecular weight is 370 g/mol. The Hall–Kier alpha value is -1.72. The second-order valence-electron chi connectivity index (χ2n) is 4.49. The molecule has 0 aliphatic heterocycles. The lowest BCUT2D eigenvalue weighted by Crippen LogP contribution is -2.15. The number of hydrogen-bond acceptors (Lipinski definition) is 3. The van der Waals surface area contributed by atoms with Gasteiger partial charge in [-0.25, -0.2) is 0 Å². The molecule has 21 heavy (non-hydrogen) atoms. The van der Waals surface area contributed by atoms with Gasteiger partial charge in [-0.3, -0.25) is 4.79 Å². The predicted octanol–water partition coefficient (Wildman–Crippen LogP) is 4.25. The number of halogens is 2. The maximum atomic E-state index is 12.4. The Balaban J connectivity index is 2.37. The smallest absolute Gasteiger partial charge is 0.259 e. The summed E-state index contributed by atoms with van der Waals surface area (Å²) < 4.78 is 6.04. The number of rotatable bonds is 3. The van der Waals surface area contributed by atoms with Crippen molar-refractivity contribution in [2.75, 3.05) is 18.2 Å². The number of carbonyl (C=O) groups excluding carboxylic acids is 1. The number of carbonyl (C=O) groups is 1. The molecule has 0 spiro atoms. The second-order valence-corrected chi connectivity index (χ2v) is 5.84. The molecule has 0 heterocycles. The van der Waals surface area contributed by atoms with Crippen LogP contribution in [0.1, 0.15) is 15.9 Å². The van der Waals surface area contributed by atoms with E-state index in [4.69, 9.17) is 22.1 Å². The lowest BCUT2D eigenvalue weighted by Gasteiger charge is -2.14. The molecule has 0 fully saturated rings. The fraction of sp³-hybridized carbons (Fsp3) is 0.133. The van der Waals surface area contributed by atoms with Crippen molar-refractivity contribution in [1.82, 2.24) is 0 Å². The van der Waals surface area contributed by atoms with Crippen molar-refractivity contribution in [3.8, 4) is 5.75 Å². The molecule has 110 valence electrons. The third-order valence-corrected chi connectivity index (χ3v) is 3.67. The van der Waals surface area contributed by atoms with Crippen molar-refractivity contribution in [2.45, 2.75) is 6.92 Å². The van der Waals surface area contributed by atoms with Crippen molar-refractivity contribution < 1.29 is 9.53 Å². The quantitative estimate of drug-likeness (QED) is 0.795. The molecule has 4 nitrogen and oxygen atoms in total. The molecule has 0 saturated carbocycles. The van der Waals surface area contributed by atoms with Crippen molar-refractivity contribution in [3.63, 3.8) is 0 Å². The van der Waals surface area contributed by atoms with Crippen molar-refractivity contribution in [1.29, 1.82) is 0 Å². The van der Waals surface area contributed by atoms with Crippen LogP contribution in [0.25, 0.3) is 0 Å². The first-order valence-corrected chi connectivity index (χ1v) is 7.30. The molecule has 2 aromatic rings. The van der Waals surface area contributed by atoms with E-state index in [9.17, 15) is 4.79 Å². The summed E-state index contributed by atoms with van der Waals surface area (Å²) in [6, 6.07) is 8.48. The van der Waals surface area contributed by atoms with Crippen LogP contribution in [-0.4, -0.2) is 13.0 Å². The largest absolute Gasteiger partial charge is 0.496 e. The molecule has 0 aliphatic carbocycles. The molecular formula is C15H14BrClN2O2. The Morgan fingerprint density at radius 1 is 1.33 bits per heavy atom. The maximum absolute atomic E-state index is 12.4. The molecule has 0 aromatic heterocycles. The molecule has 2 rings (SSSR count). The minimum atomic E-state index is -0.327. The van der Waals surface area contributed by atoms with Crippen molar-refractivity contribution >= 4 is 44.8 Å². The number of ether oxygens (including phenoxy) is 1. The van der Waals surface area contributed by atoms with Gasteiger partial charge in [0.15, 0.2) is 0 Å². The summed E-state index contributed by atoms with van der Waals surface area (Å²) in [5.41, 5.74) is 8.21. The van der Waals surface area contributed by atoms with Crippen LogP contribution in [-0.2, 0) is 0 Å². The highest BCUT2D eigenvalue weighted by molar-refractivity contribution is 9.10. The van der Waals surface area contributed by atoms with Crippen LogP contribution >= 0.6 is 27.5 Å². The van der Waals surface area contributed by atoms with Gasteiger partial charge in [0.1, 0.15) is 5.75 Å². The number of benzene rings is 2. The van der Waals surface area contributed by atoms with Crippen LogP contribution in [0.5, 0.6) is 5.75 Å². The van der Waals surface area contributed by atoms with Crippen LogP contribution in [0.4, 0.5) is 11.4 Å². The SMILES string of the molecule is COc1ccc(Cl)cc1C(=O)Nc1c(C)cc(Br)cc1N. The Morgan fingerprint density at radius 2 is 2.05 bits per heavy atom. The molecule has 0 aliphatic rings. The number of nitrogens with two attached hydrogens (primary N) is 1. The van der Waals surface area contributed by atoms with Gasteiger partial charge in [0.25, 0.3) is 5.91 Å². The van der Waals surface area contributed by atoms with Gasteiger partial charge in [0.05, 0.1) is 24.0 Å². The number of nitrogens with one attached hydrogen (secondary N) is 1. The Labute approximate surface area is 136 Å². The predicted molar refractivity (Wildman–Crippen MR) is 89.2 cm³/mol. The number of hydrogen-bond donors (Lipinski definition) is 2. The van der Waals surface area contributed by atoms with E-state index in [2.05, 4.69) is 21.2 Å². The minimum absolute atomic E-state index is 0.327. The fourth-order valence-corrected chi connectivity index (χ4v) is 2.74. The molecule has 2 aromatic carbocycles. The van der Waals surface area contributed by atoms with E-state index < -0.39 is 0 Å². The Kier molecular flexibility index (Phi) is 4.75. The summed E-state index contributed by atoms with van der Waals surface area (Å²) in [5.74, 6) is 0.122. The highest BCUT2D eigenvalue weighted by Crippen LogP contribution is 2.30. The van der Waals surface area contributed by atoms with Crippen molar-refractivity contribution in [3.05, 3.63) is 51.0 Å². The third kappa shape index (κ3) is 3.49. The van der Waals surface area contributed by atoms with Crippen molar-refractivity contribution in [2.24, 2.45) is 0 Å². The lowest BCUT2D eigenvalue weighted by molar-refractivity contribution is 0.102. The standard InChI is InChI=1S/C15H14BrClN2O2/c1-8-5-9(16)6-12(18)14(8)19-15(20)11-7-10(17)3-4-13(11)21-2/h3-7H,18H2,1-2H3,(H,19,20). The van der Waals surface area contributed by atoms with Crippen LogP contribution in [0.3, 0.4) is 0 Å². The van der Waals surface area contributed by atoms with Gasteiger partial charge in [-0.2, -0.15) is 0 Å². The molecule has 0 saturated heterocycles. The topological polar surface area (TPSA) is 64.3 Å². The normalized spacial score (nSPS) is 10.3. The number of amides is 1. The first-order chi connectivity index (χ1) is 9.92. The van der Waals surface area contributed by atoms with E-state index >= 15 is 0 Å². The van der Waals surface area contributed by atoms with E-state index in [-0.39, 0.29) is 5.91 Å². The molecule has 0 radical (unpaired) electrons. The molecule has 0 unspecified atom stereocenters. The monoisotopic (exact) mass is 368 g/mol. The molecule has 0 bridgehead atoms. The van der Waals surface area contributed by atoms with Crippen LogP contribution in [0.2, 0.25) is 5.02 Å². The van der Waals surface area contributed by atoms with Crippen LogP contribution in [0, 0.1) is 6.92 Å². The third-order valence-electron chi connectivity index (χ3n) is 2.98. The van der Waals surface area contributed by atoms with Gasteiger partial charge in [0, 0.05) is 9.50 Å². The zero-order valence-corrected chi connectivity index (χ0v) is 13.9. The maximum Gasteiger partial charge on any atom is 0.259 e. The van der Waals surface area contributed by atoms with E-state index in [1.807, 2.05) is 13.0 Å². The molecule has 0 atom stereocenters. The van der Waals surface area contributed by atoms with E-state index in [1.165, 1.54) is 7.11 Å². The van der Waals surface area contributed by atoms with Crippen LogP contribution < -0.4 is 15.8 Å².